The number of aromatic hydroxyl groups is 5. The average molecular weight is 784 g/mol. The molecule has 0 amide bonds. The summed E-state index contributed by atoms with van der Waals surface area (Å²) in [7, 11) is 0. The monoisotopic (exact) mass is 783 g/mol. The first-order valence-corrected chi connectivity index (χ1v) is 20.3. The molecule has 2 aliphatic rings. The molecule has 2 aliphatic carbocycles. The maximum Gasteiger partial charge on any atom is 0.208 e. The summed E-state index contributed by atoms with van der Waals surface area (Å²) in [5, 5.41) is 60.0. The Balaban J connectivity index is 1.07. The van der Waals surface area contributed by atoms with E-state index in [1.165, 1.54) is 44.5 Å². The molecule has 290 valence electrons. The second kappa shape index (κ2) is 12.6. The molecule has 8 heteroatoms. The Morgan fingerprint density at radius 3 is 1.58 bits per heavy atom. The molecule has 0 spiro atoms. The Morgan fingerprint density at radius 1 is 0.400 bits per heavy atom. The van der Waals surface area contributed by atoms with Crippen molar-refractivity contribution in [3.8, 4) is 56.9 Å². The summed E-state index contributed by atoms with van der Waals surface area (Å²) in [5.74, 6) is -4.35. The molecule has 5 N–H and O–H groups in total. The van der Waals surface area contributed by atoms with E-state index in [1.54, 1.807) is 4.57 Å². The summed E-state index contributed by atoms with van der Waals surface area (Å²) in [6.45, 7) is 0. The second-order valence-corrected chi connectivity index (χ2v) is 15.9. The molecule has 0 fully saturated rings. The number of rotatable bonds is 4. The van der Waals surface area contributed by atoms with E-state index in [2.05, 4.69) is 106 Å². The average Bonchev–Trinajstić information content (AvgIpc) is 3.93. The lowest BCUT2D eigenvalue weighted by Crippen LogP contribution is -2.03. The summed E-state index contributed by atoms with van der Waals surface area (Å²) in [6, 6.07) is 42.3. The number of benzene rings is 7. The number of phenols is 5. The first-order chi connectivity index (χ1) is 29.4. The highest BCUT2D eigenvalue weighted by atomic mass is 16.4. The molecular formula is C52H37N3O5. The van der Waals surface area contributed by atoms with E-state index in [1.807, 2.05) is 48.5 Å². The van der Waals surface area contributed by atoms with E-state index < -0.39 is 28.7 Å². The Bertz CT molecular complexity index is 3520. The quantitative estimate of drug-likeness (QED) is 0.0900. The van der Waals surface area contributed by atoms with Gasteiger partial charge in [-0.25, -0.2) is 0 Å². The molecule has 12 rings (SSSR count). The van der Waals surface area contributed by atoms with Gasteiger partial charge in [-0.05, 0) is 108 Å². The molecule has 8 nitrogen and oxygen atoms in total. The van der Waals surface area contributed by atoms with Crippen LogP contribution in [0.3, 0.4) is 0 Å². The summed E-state index contributed by atoms with van der Waals surface area (Å²) in [4.78, 5) is 0. The molecule has 60 heavy (non-hydrogen) atoms. The summed E-state index contributed by atoms with van der Waals surface area (Å²) in [6.07, 6.45) is 12.9. The molecule has 0 saturated heterocycles. The predicted molar refractivity (Wildman–Crippen MR) is 240 cm³/mol. The first kappa shape index (κ1) is 34.2. The molecule has 0 bridgehead atoms. The second-order valence-electron chi connectivity index (χ2n) is 15.9. The lowest BCUT2D eigenvalue weighted by molar-refractivity contribution is 0.327. The molecule has 0 aliphatic heterocycles. The van der Waals surface area contributed by atoms with Crippen molar-refractivity contribution >= 4 is 66.5 Å². The highest BCUT2D eigenvalue weighted by molar-refractivity contribution is 6.22. The van der Waals surface area contributed by atoms with Gasteiger partial charge in [-0.2, -0.15) is 0 Å². The van der Waals surface area contributed by atoms with Gasteiger partial charge in [0, 0.05) is 55.4 Å². The van der Waals surface area contributed by atoms with Crippen molar-refractivity contribution in [1.29, 1.82) is 0 Å². The van der Waals surface area contributed by atoms with Crippen LogP contribution in [0.4, 0.5) is 0 Å². The number of allylic oxidation sites excluding steroid dienone is 2. The van der Waals surface area contributed by atoms with Crippen LogP contribution >= 0.6 is 0 Å². The zero-order chi connectivity index (χ0) is 40.4. The van der Waals surface area contributed by atoms with Crippen LogP contribution in [-0.2, 0) is 12.8 Å². The Kier molecular flexibility index (Phi) is 7.17. The van der Waals surface area contributed by atoms with E-state index in [4.69, 9.17) is 0 Å². The van der Waals surface area contributed by atoms with Crippen molar-refractivity contribution in [2.45, 2.75) is 25.7 Å². The largest absolute Gasteiger partial charge is 0.503 e. The SMILES string of the molecule is Oc1c(O)c(O)c(-n2c3ccc(-n4c5c(c6cc(-c7ccc8c(c7)c7c(n8-c8ccccc8)CCC=C7)ccc64)C=CCC5)cc3c3c4ccccc4ccc32)c(O)c1O. The van der Waals surface area contributed by atoms with E-state index in [9.17, 15) is 25.5 Å². The van der Waals surface area contributed by atoms with Crippen LogP contribution in [-0.4, -0.2) is 39.2 Å². The topological polar surface area (TPSA) is 116 Å². The fraction of sp³-hybridized carbons (Fsp3) is 0.0769. The molecule has 10 aromatic rings. The lowest BCUT2D eigenvalue weighted by atomic mass is 9.97. The van der Waals surface area contributed by atoms with Gasteiger partial charge in [-0.15, -0.1) is 0 Å². The third kappa shape index (κ3) is 4.67. The third-order valence-electron chi connectivity index (χ3n) is 12.7. The van der Waals surface area contributed by atoms with Crippen LogP contribution in [0.25, 0.3) is 94.7 Å². The van der Waals surface area contributed by atoms with Gasteiger partial charge in [-0.3, -0.25) is 0 Å². The van der Waals surface area contributed by atoms with Crippen molar-refractivity contribution in [3.05, 3.63) is 156 Å². The van der Waals surface area contributed by atoms with Crippen LogP contribution in [0.1, 0.15) is 35.4 Å². The van der Waals surface area contributed by atoms with Crippen molar-refractivity contribution < 1.29 is 25.5 Å². The van der Waals surface area contributed by atoms with E-state index >= 15 is 0 Å². The van der Waals surface area contributed by atoms with Crippen LogP contribution in [0.5, 0.6) is 28.7 Å². The van der Waals surface area contributed by atoms with Crippen molar-refractivity contribution in [3.63, 3.8) is 0 Å². The first-order valence-electron chi connectivity index (χ1n) is 20.3. The summed E-state index contributed by atoms with van der Waals surface area (Å²) >= 11 is 0. The van der Waals surface area contributed by atoms with Crippen LogP contribution in [0.15, 0.2) is 133 Å². The summed E-state index contributed by atoms with van der Waals surface area (Å²) in [5.41, 5.74) is 12.8. The van der Waals surface area contributed by atoms with E-state index in [0.717, 1.165) is 69.6 Å². The molecule has 0 radical (unpaired) electrons. The van der Waals surface area contributed by atoms with Crippen molar-refractivity contribution in [2.24, 2.45) is 0 Å². The molecule has 3 aromatic heterocycles. The number of hydrogen-bond acceptors (Lipinski definition) is 5. The summed E-state index contributed by atoms with van der Waals surface area (Å²) < 4.78 is 6.40. The van der Waals surface area contributed by atoms with E-state index in [-0.39, 0.29) is 5.69 Å². The Morgan fingerprint density at radius 2 is 0.933 bits per heavy atom. The minimum absolute atomic E-state index is 0.237. The normalized spacial score (nSPS) is 13.6. The zero-order valence-corrected chi connectivity index (χ0v) is 32.3. The van der Waals surface area contributed by atoms with Crippen molar-refractivity contribution in [1.82, 2.24) is 13.7 Å². The zero-order valence-electron chi connectivity index (χ0n) is 32.3. The number of hydrogen-bond donors (Lipinski definition) is 5. The fourth-order valence-electron chi connectivity index (χ4n) is 10.0. The lowest BCUT2D eigenvalue weighted by Gasteiger charge is -2.16. The third-order valence-corrected chi connectivity index (χ3v) is 12.7. The fourth-order valence-corrected chi connectivity index (χ4v) is 10.0. The Hall–Kier alpha value is -7.84. The minimum atomic E-state index is -0.998. The molecule has 3 heterocycles. The standard InChI is InChI=1S/C52H37N3O5/c56-48-47(49(57)51(59)52(60)50(48)58)55-44-25-21-33(28-39(44)46-34-13-5-4-10-29(34)18-24-45(46)55)54-41-17-9-7-15-36(41)38-27-31(20-23-43(38)54)30-19-22-42-37(26-30)35-14-6-8-16-40(35)53(42)32-11-2-1-3-12-32/h1-7,10-15,18-28,56-60H,8-9,16-17H2. The molecule has 0 unspecified atom stereocenters. The van der Waals surface area contributed by atoms with Gasteiger partial charge >= 0.3 is 0 Å². The number of nitrogens with zero attached hydrogens (tertiary/aromatic N) is 3. The Labute approximate surface area is 343 Å². The number of aromatic nitrogens is 3. The molecule has 0 saturated carbocycles. The van der Waals surface area contributed by atoms with Gasteiger partial charge < -0.3 is 39.2 Å². The number of phenolic OH excluding ortho intramolecular Hbond substituents is 5. The number of fused-ring (bicyclic) bond motifs is 11. The van der Waals surface area contributed by atoms with Crippen LogP contribution in [0.2, 0.25) is 0 Å². The van der Waals surface area contributed by atoms with Gasteiger partial charge in [0.1, 0.15) is 5.69 Å². The smallest absolute Gasteiger partial charge is 0.208 e. The predicted octanol–water partition coefficient (Wildman–Crippen LogP) is 11.9. The molecule has 0 atom stereocenters. The van der Waals surface area contributed by atoms with Crippen molar-refractivity contribution in [2.75, 3.05) is 0 Å². The van der Waals surface area contributed by atoms with Crippen LogP contribution in [0, 0.1) is 0 Å². The minimum Gasteiger partial charge on any atom is -0.503 e. The van der Waals surface area contributed by atoms with Crippen LogP contribution < -0.4 is 0 Å². The van der Waals surface area contributed by atoms with Gasteiger partial charge in [0.15, 0.2) is 11.5 Å². The van der Waals surface area contributed by atoms with Gasteiger partial charge in [0.05, 0.1) is 22.1 Å². The molecular weight excluding hydrogens is 747 g/mol. The maximum atomic E-state index is 11.2. The number of para-hydroxylation sites is 1. The maximum absolute atomic E-state index is 11.2. The van der Waals surface area contributed by atoms with Gasteiger partial charge in [-0.1, -0.05) is 85.0 Å². The highest BCUT2D eigenvalue weighted by Gasteiger charge is 2.28. The van der Waals surface area contributed by atoms with E-state index in [0.29, 0.717) is 11.0 Å². The van der Waals surface area contributed by atoms with Gasteiger partial charge in [0.2, 0.25) is 17.2 Å². The molecule has 7 aromatic carbocycles. The van der Waals surface area contributed by atoms with Gasteiger partial charge in [0.25, 0.3) is 0 Å². The highest BCUT2D eigenvalue weighted by Crippen LogP contribution is 2.54.